The summed E-state index contributed by atoms with van der Waals surface area (Å²) in [6.07, 6.45) is 5.37. The highest BCUT2D eigenvalue weighted by Gasteiger charge is 2.23. The summed E-state index contributed by atoms with van der Waals surface area (Å²) in [7, 11) is -0.264. The van der Waals surface area contributed by atoms with Gasteiger partial charge in [-0.2, -0.15) is 0 Å². The Bertz CT molecular complexity index is 1140. The normalized spacial score (nSPS) is 17.7. The van der Waals surface area contributed by atoms with Gasteiger partial charge in [0.25, 0.3) is 10.0 Å². The Morgan fingerprint density at radius 3 is 2.83 bits per heavy atom. The average Bonchev–Trinajstić information content (AvgIpc) is 3.28. The molecule has 2 N–H and O–H groups in total. The third kappa shape index (κ3) is 4.08. The molecule has 1 aliphatic rings. The van der Waals surface area contributed by atoms with E-state index in [0.717, 1.165) is 23.9 Å². The monoisotopic (exact) mass is 433 g/mol. The molecule has 0 spiro atoms. The molecule has 6 nitrogen and oxygen atoms in total. The number of aromatic nitrogens is 1. The van der Waals surface area contributed by atoms with Crippen LogP contribution in [-0.2, 0) is 16.4 Å². The number of fused-ring (bicyclic) bond motifs is 1. The molecule has 4 rings (SSSR count). The lowest BCUT2D eigenvalue weighted by Crippen LogP contribution is -2.26. The van der Waals surface area contributed by atoms with Crippen molar-refractivity contribution in [3.05, 3.63) is 53.2 Å². The van der Waals surface area contributed by atoms with Crippen molar-refractivity contribution in [1.82, 2.24) is 9.88 Å². The second kappa shape index (κ2) is 7.89. The Morgan fingerprint density at radius 1 is 1.28 bits per heavy atom. The summed E-state index contributed by atoms with van der Waals surface area (Å²) >= 11 is 6.00. The van der Waals surface area contributed by atoms with Crippen molar-refractivity contribution in [2.45, 2.75) is 30.2 Å². The first-order valence-electron chi connectivity index (χ1n) is 9.54. The van der Waals surface area contributed by atoms with Crippen LogP contribution < -0.4 is 9.46 Å². The van der Waals surface area contributed by atoms with Gasteiger partial charge in [-0.05, 0) is 74.8 Å². The first kappa shape index (κ1) is 20.1. The second-order valence-electron chi connectivity index (χ2n) is 7.46. The van der Waals surface area contributed by atoms with Crippen molar-refractivity contribution >= 4 is 38.2 Å². The van der Waals surface area contributed by atoms with E-state index in [-0.39, 0.29) is 10.6 Å². The Kier molecular flexibility index (Phi) is 5.46. The van der Waals surface area contributed by atoms with Crippen LogP contribution >= 0.6 is 11.6 Å². The molecule has 0 amide bonds. The van der Waals surface area contributed by atoms with Gasteiger partial charge in [0.05, 0.1) is 7.11 Å². The highest BCUT2D eigenvalue weighted by atomic mass is 35.5. The molecule has 0 saturated carbocycles. The van der Waals surface area contributed by atoms with E-state index in [9.17, 15) is 8.42 Å². The topological polar surface area (TPSA) is 74.4 Å². The first-order valence-corrected chi connectivity index (χ1v) is 11.4. The number of hydrogen-bond acceptors (Lipinski definition) is 4. The Hall–Kier alpha value is -2.22. The van der Waals surface area contributed by atoms with Crippen LogP contribution in [0.1, 0.15) is 18.4 Å². The summed E-state index contributed by atoms with van der Waals surface area (Å²) in [5, 5.41) is 1.36. The summed E-state index contributed by atoms with van der Waals surface area (Å²) in [6, 6.07) is 10.6. The maximum atomic E-state index is 13.0. The maximum Gasteiger partial charge on any atom is 0.265 e. The van der Waals surface area contributed by atoms with Crippen LogP contribution in [0.4, 0.5) is 5.69 Å². The van der Waals surface area contributed by atoms with Crippen molar-refractivity contribution in [1.29, 1.82) is 0 Å². The van der Waals surface area contributed by atoms with Gasteiger partial charge in [-0.1, -0.05) is 11.6 Å². The number of anilines is 1. The summed E-state index contributed by atoms with van der Waals surface area (Å²) in [5.74, 6) is 0.245. The SMILES string of the molecule is COc1ccc(Cl)cc1S(=O)(=O)Nc1ccc2[nH]cc(C[C@@H]3CCCN3C)c2c1. The smallest absolute Gasteiger partial charge is 0.265 e. The third-order valence-electron chi connectivity index (χ3n) is 5.56. The molecule has 3 aromatic rings. The molecule has 1 aromatic heterocycles. The van der Waals surface area contributed by atoms with Gasteiger partial charge >= 0.3 is 0 Å². The molecule has 29 heavy (non-hydrogen) atoms. The van der Waals surface area contributed by atoms with Crippen LogP contribution in [0.25, 0.3) is 10.9 Å². The Balaban J connectivity index is 1.64. The van der Waals surface area contributed by atoms with E-state index in [2.05, 4.69) is 21.7 Å². The van der Waals surface area contributed by atoms with Gasteiger partial charge in [0.1, 0.15) is 10.6 Å². The predicted molar refractivity (Wildman–Crippen MR) is 116 cm³/mol. The number of rotatable bonds is 6. The van der Waals surface area contributed by atoms with E-state index < -0.39 is 10.0 Å². The molecule has 0 unspecified atom stereocenters. The number of H-pyrrole nitrogens is 1. The molecular weight excluding hydrogens is 410 g/mol. The van der Waals surface area contributed by atoms with Crippen LogP contribution in [0.2, 0.25) is 5.02 Å². The van der Waals surface area contributed by atoms with Crippen molar-refractivity contribution in [2.75, 3.05) is 25.4 Å². The van der Waals surface area contributed by atoms with E-state index >= 15 is 0 Å². The number of halogens is 1. The molecule has 2 heterocycles. The molecule has 154 valence electrons. The molecule has 1 aliphatic heterocycles. The van der Waals surface area contributed by atoms with Crippen LogP contribution in [0.15, 0.2) is 47.5 Å². The van der Waals surface area contributed by atoms with Crippen molar-refractivity contribution in [2.24, 2.45) is 0 Å². The van der Waals surface area contributed by atoms with Crippen molar-refractivity contribution < 1.29 is 13.2 Å². The number of nitrogens with one attached hydrogen (secondary N) is 2. The maximum absolute atomic E-state index is 13.0. The fourth-order valence-corrected chi connectivity index (χ4v) is 5.45. The van der Waals surface area contributed by atoms with E-state index in [4.69, 9.17) is 16.3 Å². The minimum absolute atomic E-state index is 0.00877. The minimum atomic E-state index is -3.85. The molecule has 0 radical (unpaired) electrons. The highest BCUT2D eigenvalue weighted by molar-refractivity contribution is 7.92. The second-order valence-corrected chi connectivity index (χ2v) is 9.54. The number of benzene rings is 2. The minimum Gasteiger partial charge on any atom is -0.495 e. The van der Waals surface area contributed by atoms with E-state index in [1.165, 1.54) is 31.6 Å². The third-order valence-corrected chi connectivity index (χ3v) is 7.20. The number of aromatic amines is 1. The van der Waals surface area contributed by atoms with Gasteiger partial charge in [0.2, 0.25) is 0 Å². The average molecular weight is 434 g/mol. The lowest BCUT2D eigenvalue weighted by atomic mass is 10.0. The molecular formula is C21H24ClN3O3S. The van der Waals surface area contributed by atoms with E-state index in [1.54, 1.807) is 18.2 Å². The van der Waals surface area contributed by atoms with Crippen molar-refractivity contribution in [3.8, 4) is 5.75 Å². The summed E-state index contributed by atoms with van der Waals surface area (Å²) in [4.78, 5) is 5.69. The Morgan fingerprint density at radius 2 is 2.10 bits per heavy atom. The number of likely N-dealkylation sites (tertiary alicyclic amines) is 1. The number of likely N-dealkylation sites (N-methyl/N-ethyl adjacent to an activating group) is 1. The quantitative estimate of drug-likeness (QED) is 0.608. The molecule has 2 aromatic carbocycles. The van der Waals surface area contributed by atoms with Gasteiger partial charge in [0.15, 0.2) is 0 Å². The largest absolute Gasteiger partial charge is 0.495 e. The fraction of sp³-hybridized carbons (Fsp3) is 0.333. The van der Waals surface area contributed by atoms with Gasteiger partial charge < -0.3 is 14.6 Å². The van der Waals surface area contributed by atoms with Gasteiger partial charge in [0, 0.05) is 33.9 Å². The van der Waals surface area contributed by atoms with Crippen LogP contribution in [-0.4, -0.2) is 45.0 Å². The molecule has 8 heteroatoms. The van der Waals surface area contributed by atoms with Crippen LogP contribution in [0, 0.1) is 0 Å². The number of nitrogens with zero attached hydrogens (tertiary/aromatic N) is 1. The van der Waals surface area contributed by atoms with E-state index in [1.807, 2.05) is 18.3 Å². The molecule has 0 bridgehead atoms. The summed E-state index contributed by atoms with van der Waals surface area (Å²) in [5.41, 5.74) is 2.68. The van der Waals surface area contributed by atoms with Gasteiger partial charge in [-0.25, -0.2) is 8.42 Å². The van der Waals surface area contributed by atoms with Gasteiger partial charge in [-0.3, -0.25) is 4.72 Å². The molecule has 1 fully saturated rings. The summed E-state index contributed by atoms with van der Waals surface area (Å²) in [6.45, 7) is 1.12. The fourth-order valence-electron chi connectivity index (χ4n) is 3.97. The van der Waals surface area contributed by atoms with Gasteiger partial charge in [-0.15, -0.1) is 0 Å². The standard InChI is InChI=1S/C21H24ClN3O3S/c1-25-9-3-4-17(25)10-14-13-23-19-7-6-16(12-18(14)19)24-29(26,27)21-11-15(22)5-8-20(21)28-2/h5-8,11-13,17,23-24H,3-4,9-10H2,1-2H3/t17-/m0/s1. The number of methoxy groups -OCH3 is 1. The molecule has 1 atom stereocenters. The zero-order chi connectivity index (χ0) is 20.6. The van der Waals surface area contributed by atoms with Crippen LogP contribution in [0.5, 0.6) is 5.75 Å². The molecule has 0 aliphatic carbocycles. The van der Waals surface area contributed by atoms with Crippen LogP contribution in [0.3, 0.4) is 0 Å². The number of hydrogen-bond donors (Lipinski definition) is 2. The number of sulfonamides is 1. The number of ether oxygens (including phenoxy) is 1. The Labute approximate surface area is 175 Å². The zero-order valence-corrected chi connectivity index (χ0v) is 18.0. The summed E-state index contributed by atoms with van der Waals surface area (Å²) < 4.78 is 33.8. The van der Waals surface area contributed by atoms with Crippen molar-refractivity contribution in [3.63, 3.8) is 0 Å². The lowest BCUT2D eigenvalue weighted by molar-refractivity contribution is 0.310. The predicted octanol–water partition coefficient (Wildman–Crippen LogP) is 4.27. The lowest BCUT2D eigenvalue weighted by Gasteiger charge is -2.18. The molecule has 1 saturated heterocycles. The highest BCUT2D eigenvalue weighted by Crippen LogP contribution is 2.31. The zero-order valence-electron chi connectivity index (χ0n) is 16.4. The van der Waals surface area contributed by atoms with E-state index in [0.29, 0.717) is 16.8 Å². The first-order chi connectivity index (χ1) is 13.9.